The van der Waals surface area contributed by atoms with Crippen LogP contribution >= 0.6 is 0 Å². The molecular weight excluding hydrogens is 230 g/mol. The summed E-state index contributed by atoms with van der Waals surface area (Å²) in [6, 6.07) is 8.13. The second-order valence-corrected chi connectivity index (χ2v) is 4.37. The summed E-state index contributed by atoms with van der Waals surface area (Å²) in [7, 11) is 7.08. The second-order valence-electron chi connectivity index (χ2n) is 4.37. The van der Waals surface area contributed by atoms with Crippen molar-refractivity contribution in [3.05, 3.63) is 29.8 Å². The number of carbonyl (C=O) groups excluding carboxylic acids is 1. The fourth-order valence-electron chi connectivity index (χ4n) is 1.91. The van der Waals surface area contributed by atoms with E-state index in [2.05, 4.69) is 9.64 Å². The van der Waals surface area contributed by atoms with Gasteiger partial charge in [-0.25, -0.2) is 0 Å². The number of ether oxygens (including phenoxy) is 2. The van der Waals surface area contributed by atoms with E-state index in [1.807, 2.05) is 38.4 Å². The average Bonchev–Trinajstić information content (AvgIpc) is 2.39. The van der Waals surface area contributed by atoms with Crippen molar-refractivity contribution in [3.8, 4) is 5.75 Å². The van der Waals surface area contributed by atoms with E-state index < -0.39 is 0 Å². The van der Waals surface area contributed by atoms with Gasteiger partial charge in [0.25, 0.3) is 0 Å². The molecule has 0 spiro atoms. The average molecular weight is 251 g/mol. The van der Waals surface area contributed by atoms with E-state index >= 15 is 0 Å². The Hall–Kier alpha value is -1.55. The number of hydrogen-bond donors (Lipinski definition) is 0. The number of hydrogen-bond acceptors (Lipinski definition) is 4. The van der Waals surface area contributed by atoms with E-state index in [1.54, 1.807) is 7.11 Å². The van der Waals surface area contributed by atoms with Crippen LogP contribution in [-0.2, 0) is 9.53 Å². The fraction of sp³-hybridized carbons (Fsp3) is 0.500. The van der Waals surface area contributed by atoms with Gasteiger partial charge in [-0.2, -0.15) is 0 Å². The molecule has 0 saturated heterocycles. The van der Waals surface area contributed by atoms with Crippen molar-refractivity contribution < 1.29 is 14.3 Å². The molecule has 0 saturated carbocycles. The Morgan fingerprint density at radius 3 is 2.28 bits per heavy atom. The lowest BCUT2D eigenvalue weighted by Crippen LogP contribution is -2.21. The summed E-state index contributed by atoms with van der Waals surface area (Å²) in [5.41, 5.74) is 1.17. The highest BCUT2D eigenvalue weighted by atomic mass is 16.5. The van der Waals surface area contributed by atoms with Gasteiger partial charge in [0.15, 0.2) is 0 Å². The van der Waals surface area contributed by atoms with Gasteiger partial charge in [-0.15, -0.1) is 0 Å². The number of benzene rings is 1. The first kappa shape index (κ1) is 14.5. The van der Waals surface area contributed by atoms with Crippen LogP contribution in [-0.4, -0.2) is 39.2 Å². The molecule has 1 rings (SSSR count). The first-order chi connectivity index (χ1) is 8.58. The summed E-state index contributed by atoms with van der Waals surface area (Å²) in [4.78, 5) is 13.3. The van der Waals surface area contributed by atoms with Crippen molar-refractivity contribution in [2.24, 2.45) is 0 Å². The summed E-state index contributed by atoms with van der Waals surface area (Å²) < 4.78 is 9.81. The van der Waals surface area contributed by atoms with Crippen LogP contribution in [0.3, 0.4) is 0 Å². The zero-order valence-electron chi connectivity index (χ0n) is 11.5. The molecule has 0 fully saturated rings. The Morgan fingerprint density at radius 1 is 1.22 bits per heavy atom. The lowest BCUT2D eigenvalue weighted by atomic mass is 10.0. The molecule has 1 unspecified atom stereocenters. The van der Waals surface area contributed by atoms with Gasteiger partial charge < -0.3 is 14.4 Å². The van der Waals surface area contributed by atoms with Gasteiger partial charge in [-0.1, -0.05) is 12.1 Å². The summed E-state index contributed by atoms with van der Waals surface area (Å²) in [6.07, 6.45) is 1.16. The van der Waals surface area contributed by atoms with E-state index in [0.717, 1.165) is 12.2 Å². The maximum atomic E-state index is 11.2. The van der Waals surface area contributed by atoms with Gasteiger partial charge >= 0.3 is 5.97 Å². The zero-order valence-corrected chi connectivity index (χ0v) is 11.5. The van der Waals surface area contributed by atoms with Crippen molar-refractivity contribution >= 4 is 5.97 Å². The zero-order chi connectivity index (χ0) is 13.5. The van der Waals surface area contributed by atoms with Gasteiger partial charge in [0, 0.05) is 12.5 Å². The maximum absolute atomic E-state index is 11.2. The third-order valence-corrected chi connectivity index (χ3v) is 2.97. The fourth-order valence-corrected chi connectivity index (χ4v) is 1.91. The number of nitrogens with zero attached hydrogens (tertiary/aromatic N) is 1. The van der Waals surface area contributed by atoms with Crippen LogP contribution in [0.2, 0.25) is 0 Å². The van der Waals surface area contributed by atoms with Crippen LogP contribution < -0.4 is 4.74 Å². The van der Waals surface area contributed by atoms with Crippen molar-refractivity contribution in [1.82, 2.24) is 4.90 Å². The number of carbonyl (C=O) groups is 1. The van der Waals surface area contributed by atoms with Crippen molar-refractivity contribution in [3.63, 3.8) is 0 Å². The van der Waals surface area contributed by atoms with Crippen molar-refractivity contribution in [2.45, 2.75) is 18.9 Å². The highest BCUT2D eigenvalue weighted by Crippen LogP contribution is 2.25. The number of rotatable bonds is 6. The molecule has 0 aliphatic carbocycles. The van der Waals surface area contributed by atoms with E-state index in [1.165, 1.54) is 12.7 Å². The Bertz CT molecular complexity index is 373. The largest absolute Gasteiger partial charge is 0.497 e. The Balaban J connectivity index is 2.74. The molecule has 0 aliphatic rings. The van der Waals surface area contributed by atoms with Gasteiger partial charge in [0.05, 0.1) is 14.2 Å². The van der Waals surface area contributed by atoms with E-state index in [9.17, 15) is 4.79 Å². The Kier molecular flexibility index (Phi) is 5.65. The highest BCUT2D eigenvalue weighted by molar-refractivity contribution is 5.69. The lowest BCUT2D eigenvalue weighted by Gasteiger charge is -2.24. The molecule has 0 bridgehead atoms. The topological polar surface area (TPSA) is 38.8 Å². The maximum Gasteiger partial charge on any atom is 0.305 e. The van der Waals surface area contributed by atoms with Crippen molar-refractivity contribution in [1.29, 1.82) is 0 Å². The lowest BCUT2D eigenvalue weighted by molar-refractivity contribution is -0.141. The quantitative estimate of drug-likeness (QED) is 0.727. The van der Waals surface area contributed by atoms with Gasteiger partial charge in [0.2, 0.25) is 0 Å². The van der Waals surface area contributed by atoms with Crippen LogP contribution in [0, 0.1) is 0 Å². The number of methoxy groups -OCH3 is 2. The minimum absolute atomic E-state index is 0.171. The first-order valence-corrected chi connectivity index (χ1v) is 5.95. The predicted molar refractivity (Wildman–Crippen MR) is 70.7 cm³/mol. The molecule has 0 aromatic heterocycles. The minimum atomic E-state index is -0.171. The summed E-state index contributed by atoms with van der Waals surface area (Å²) in [5.74, 6) is 0.666. The third-order valence-electron chi connectivity index (χ3n) is 2.97. The summed E-state index contributed by atoms with van der Waals surface area (Å²) >= 11 is 0. The van der Waals surface area contributed by atoms with Crippen LogP contribution in [0.1, 0.15) is 24.4 Å². The van der Waals surface area contributed by atoms with Crippen LogP contribution in [0.5, 0.6) is 5.75 Å². The number of esters is 1. The molecule has 1 aromatic rings. The van der Waals surface area contributed by atoms with Crippen LogP contribution in [0.15, 0.2) is 24.3 Å². The molecular formula is C14H21NO3. The third kappa shape index (κ3) is 4.04. The van der Waals surface area contributed by atoms with Gasteiger partial charge in [0.1, 0.15) is 5.75 Å². The summed E-state index contributed by atoms with van der Waals surface area (Å²) in [5, 5.41) is 0. The SMILES string of the molecule is COC(=O)CCC(c1ccc(OC)cc1)N(C)C. The van der Waals surface area contributed by atoms with E-state index in [4.69, 9.17) is 4.74 Å². The second kappa shape index (κ2) is 7.01. The molecule has 1 aromatic carbocycles. The van der Waals surface area contributed by atoms with Gasteiger partial charge in [-0.05, 0) is 38.2 Å². The smallest absolute Gasteiger partial charge is 0.305 e. The Labute approximate surface area is 108 Å². The van der Waals surface area contributed by atoms with E-state index in [0.29, 0.717) is 6.42 Å². The normalized spacial score (nSPS) is 12.3. The molecule has 0 radical (unpaired) electrons. The predicted octanol–water partition coefficient (Wildman–Crippen LogP) is 2.25. The standard InChI is InChI=1S/C14H21NO3/c1-15(2)13(9-10-14(16)18-4)11-5-7-12(17-3)8-6-11/h5-8,13H,9-10H2,1-4H3. The summed E-state index contributed by atoms with van der Waals surface area (Å²) in [6.45, 7) is 0. The first-order valence-electron chi connectivity index (χ1n) is 5.95. The molecule has 0 heterocycles. The monoisotopic (exact) mass is 251 g/mol. The molecule has 4 nitrogen and oxygen atoms in total. The van der Waals surface area contributed by atoms with Crippen LogP contribution in [0.4, 0.5) is 0 Å². The minimum Gasteiger partial charge on any atom is -0.497 e. The van der Waals surface area contributed by atoms with E-state index in [-0.39, 0.29) is 12.0 Å². The highest BCUT2D eigenvalue weighted by Gasteiger charge is 2.16. The Morgan fingerprint density at radius 2 is 1.83 bits per heavy atom. The molecule has 4 heteroatoms. The molecule has 0 N–H and O–H groups in total. The molecule has 0 aliphatic heterocycles. The molecule has 1 atom stereocenters. The molecule has 18 heavy (non-hydrogen) atoms. The van der Waals surface area contributed by atoms with Crippen LogP contribution in [0.25, 0.3) is 0 Å². The molecule has 100 valence electrons. The van der Waals surface area contributed by atoms with Crippen molar-refractivity contribution in [2.75, 3.05) is 28.3 Å². The van der Waals surface area contributed by atoms with Gasteiger partial charge in [-0.3, -0.25) is 4.79 Å². The molecule has 0 amide bonds.